The Hall–Kier alpha value is -1.55. The summed E-state index contributed by atoms with van der Waals surface area (Å²) in [5, 5.41) is 4.54. The molecule has 3 rings (SSSR count). The summed E-state index contributed by atoms with van der Waals surface area (Å²) >= 11 is 0. The van der Waals surface area contributed by atoms with Crippen molar-refractivity contribution in [2.24, 2.45) is 0 Å². The van der Waals surface area contributed by atoms with Crippen LogP contribution in [0, 0.1) is 0 Å². The summed E-state index contributed by atoms with van der Waals surface area (Å²) in [6, 6.07) is 4.27. The highest BCUT2D eigenvalue weighted by atomic mass is 16.5. The van der Waals surface area contributed by atoms with Crippen LogP contribution in [-0.2, 0) is 4.74 Å². The van der Waals surface area contributed by atoms with Crippen molar-refractivity contribution in [3.8, 4) is 0 Å². The number of nitrogens with one attached hydrogen (secondary N) is 1. The van der Waals surface area contributed by atoms with Gasteiger partial charge in [0, 0.05) is 18.8 Å². The first-order chi connectivity index (χ1) is 8.33. The smallest absolute Gasteiger partial charge is 0.139 e. The fourth-order valence-corrected chi connectivity index (χ4v) is 2.33. The van der Waals surface area contributed by atoms with E-state index < -0.39 is 0 Å². The van der Waals surface area contributed by atoms with Crippen LogP contribution in [0.25, 0.3) is 11.0 Å². The average Bonchev–Trinajstić information content (AvgIpc) is 2.78. The molecule has 2 atom stereocenters. The van der Waals surface area contributed by atoms with Crippen molar-refractivity contribution in [2.45, 2.75) is 31.9 Å². The van der Waals surface area contributed by atoms with Crippen molar-refractivity contribution < 1.29 is 9.15 Å². The lowest BCUT2D eigenvalue weighted by molar-refractivity contribution is 0.0232. The van der Waals surface area contributed by atoms with E-state index in [1.54, 1.807) is 12.5 Å². The fraction of sp³-hybridized carbons (Fsp3) is 0.462. The van der Waals surface area contributed by atoms with Gasteiger partial charge in [-0.05, 0) is 31.9 Å². The van der Waals surface area contributed by atoms with Gasteiger partial charge in [-0.3, -0.25) is 0 Å². The molecule has 0 aromatic carbocycles. The van der Waals surface area contributed by atoms with E-state index in [2.05, 4.69) is 17.2 Å². The van der Waals surface area contributed by atoms with E-state index in [1.807, 2.05) is 12.1 Å². The molecule has 0 amide bonds. The van der Waals surface area contributed by atoms with Crippen LogP contribution in [0.5, 0.6) is 0 Å². The van der Waals surface area contributed by atoms with E-state index in [-0.39, 0.29) is 0 Å². The van der Waals surface area contributed by atoms with Gasteiger partial charge in [-0.25, -0.2) is 4.98 Å². The third-order valence-electron chi connectivity index (χ3n) is 3.21. The molecule has 1 saturated heterocycles. The largest absolute Gasteiger partial charge is 0.464 e. The number of hydrogen-bond donors (Lipinski definition) is 1. The van der Waals surface area contributed by atoms with Crippen molar-refractivity contribution >= 4 is 16.8 Å². The molecule has 4 heteroatoms. The summed E-state index contributed by atoms with van der Waals surface area (Å²) in [6.07, 6.45) is 5.85. The molecule has 1 aliphatic heterocycles. The zero-order chi connectivity index (χ0) is 11.7. The molecule has 2 unspecified atom stereocenters. The van der Waals surface area contributed by atoms with Crippen LogP contribution in [0.4, 0.5) is 5.82 Å². The van der Waals surface area contributed by atoms with Gasteiger partial charge in [0.1, 0.15) is 11.4 Å². The lowest BCUT2D eigenvalue weighted by atomic mass is 10.0. The van der Waals surface area contributed by atoms with Gasteiger partial charge in [0.15, 0.2) is 0 Å². The first kappa shape index (κ1) is 10.6. The zero-order valence-electron chi connectivity index (χ0n) is 9.85. The summed E-state index contributed by atoms with van der Waals surface area (Å²) in [6.45, 7) is 2.93. The van der Waals surface area contributed by atoms with Crippen molar-refractivity contribution in [3.63, 3.8) is 0 Å². The maximum atomic E-state index is 5.54. The van der Waals surface area contributed by atoms with E-state index >= 15 is 0 Å². The first-order valence-corrected chi connectivity index (χ1v) is 6.03. The van der Waals surface area contributed by atoms with E-state index in [1.165, 1.54) is 0 Å². The minimum Gasteiger partial charge on any atom is -0.464 e. The minimum absolute atomic E-state index is 0.324. The molecule has 0 radical (unpaired) electrons. The Morgan fingerprint density at radius 1 is 1.41 bits per heavy atom. The maximum Gasteiger partial charge on any atom is 0.139 e. The van der Waals surface area contributed by atoms with Crippen LogP contribution in [0.1, 0.15) is 19.8 Å². The molecule has 2 aromatic heterocycles. The maximum absolute atomic E-state index is 5.54. The molecule has 17 heavy (non-hydrogen) atoms. The van der Waals surface area contributed by atoms with Gasteiger partial charge >= 0.3 is 0 Å². The van der Waals surface area contributed by atoms with Crippen LogP contribution in [0.2, 0.25) is 0 Å². The highest BCUT2D eigenvalue weighted by molar-refractivity contribution is 5.87. The standard InChI is InChI=1S/C13H16N2O2/c1-9-8-10(3-6-16-9)15-13-11-4-7-17-12(11)2-5-14-13/h2,4-5,7,9-10H,3,6,8H2,1H3,(H,14,15). The zero-order valence-corrected chi connectivity index (χ0v) is 9.85. The molecular weight excluding hydrogens is 216 g/mol. The van der Waals surface area contributed by atoms with Crippen LogP contribution < -0.4 is 5.32 Å². The molecule has 4 nitrogen and oxygen atoms in total. The Morgan fingerprint density at radius 3 is 3.24 bits per heavy atom. The van der Waals surface area contributed by atoms with Gasteiger partial charge in [0.25, 0.3) is 0 Å². The van der Waals surface area contributed by atoms with Crippen LogP contribution >= 0.6 is 0 Å². The number of rotatable bonds is 2. The monoisotopic (exact) mass is 232 g/mol. The molecule has 0 saturated carbocycles. The van der Waals surface area contributed by atoms with Crippen molar-refractivity contribution in [2.75, 3.05) is 11.9 Å². The van der Waals surface area contributed by atoms with Gasteiger partial charge in [0.2, 0.25) is 0 Å². The Bertz CT molecular complexity index is 509. The van der Waals surface area contributed by atoms with Gasteiger partial charge < -0.3 is 14.5 Å². The Morgan fingerprint density at radius 2 is 2.35 bits per heavy atom. The molecule has 1 fully saturated rings. The molecule has 3 heterocycles. The van der Waals surface area contributed by atoms with Crippen molar-refractivity contribution in [1.82, 2.24) is 4.98 Å². The first-order valence-electron chi connectivity index (χ1n) is 6.03. The Kier molecular flexibility index (Phi) is 2.73. The quantitative estimate of drug-likeness (QED) is 0.864. The molecule has 0 spiro atoms. The average molecular weight is 232 g/mol. The van der Waals surface area contributed by atoms with Crippen LogP contribution in [0.3, 0.4) is 0 Å². The number of hydrogen-bond acceptors (Lipinski definition) is 4. The molecule has 1 aliphatic rings. The number of anilines is 1. The molecule has 2 aromatic rings. The number of fused-ring (bicyclic) bond motifs is 1. The lowest BCUT2D eigenvalue weighted by Gasteiger charge is -2.28. The number of ether oxygens (including phenoxy) is 1. The van der Waals surface area contributed by atoms with Gasteiger partial charge in [-0.15, -0.1) is 0 Å². The third kappa shape index (κ3) is 2.13. The SMILES string of the molecule is CC1CC(Nc2nccc3occc23)CCO1. The number of aromatic nitrogens is 1. The summed E-state index contributed by atoms with van der Waals surface area (Å²) in [4.78, 5) is 4.39. The molecule has 0 aliphatic carbocycles. The van der Waals surface area contributed by atoms with E-state index in [4.69, 9.17) is 9.15 Å². The molecule has 1 N–H and O–H groups in total. The Labute approximate surface area is 100.0 Å². The van der Waals surface area contributed by atoms with Crippen molar-refractivity contribution in [3.05, 3.63) is 24.6 Å². The number of furan rings is 1. The minimum atomic E-state index is 0.324. The van der Waals surface area contributed by atoms with Gasteiger partial charge in [-0.1, -0.05) is 0 Å². The predicted molar refractivity (Wildman–Crippen MR) is 66.1 cm³/mol. The number of nitrogens with zero attached hydrogens (tertiary/aromatic N) is 1. The number of pyridine rings is 1. The lowest BCUT2D eigenvalue weighted by Crippen LogP contribution is -2.32. The highest BCUT2D eigenvalue weighted by Crippen LogP contribution is 2.24. The summed E-state index contributed by atoms with van der Waals surface area (Å²) in [5.41, 5.74) is 0.877. The molecule has 0 bridgehead atoms. The molecule has 90 valence electrons. The predicted octanol–water partition coefficient (Wildman–Crippen LogP) is 2.81. The second-order valence-corrected chi connectivity index (χ2v) is 4.54. The van der Waals surface area contributed by atoms with Gasteiger partial charge in [0.05, 0.1) is 17.8 Å². The third-order valence-corrected chi connectivity index (χ3v) is 3.21. The van der Waals surface area contributed by atoms with Crippen molar-refractivity contribution in [1.29, 1.82) is 0 Å². The normalized spacial score (nSPS) is 25.0. The summed E-state index contributed by atoms with van der Waals surface area (Å²) < 4.78 is 10.9. The van der Waals surface area contributed by atoms with E-state index in [0.717, 1.165) is 36.2 Å². The van der Waals surface area contributed by atoms with Crippen LogP contribution in [0.15, 0.2) is 29.0 Å². The fourth-order valence-electron chi connectivity index (χ4n) is 2.33. The summed E-state index contributed by atoms with van der Waals surface area (Å²) in [5.74, 6) is 0.912. The van der Waals surface area contributed by atoms with E-state index in [9.17, 15) is 0 Å². The summed E-state index contributed by atoms with van der Waals surface area (Å²) in [7, 11) is 0. The van der Waals surface area contributed by atoms with E-state index in [0.29, 0.717) is 12.1 Å². The molecular formula is C13H16N2O2. The van der Waals surface area contributed by atoms with Gasteiger partial charge in [-0.2, -0.15) is 0 Å². The second kappa shape index (κ2) is 4.37. The second-order valence-electron chi connectivity index (χ2n) is 4.54. The van der Waals surface area contributed by atoms with Crippen LogP contribution in [-0.4, -0.2) is 23.7 Å². The Balaban J connectivity index is 1.82. The highest BCUT2D eigenvalue weighted by Gasteiger charge is 2.20. The topological polar surface area (TPSA) is 47.3 Å².